The average molecular weight is 355 g/mol. The molecule has 1 aromatic carbocycles. The monoisotopic (exact) mass is 354 g/mol. The zero-order valence-corrected chi connectivity index (χ0v) is 14.5. The lowest BCUT2D eigenvalue weighted by Crippen LogP contribution is -2.33. The number of nitrogens with zero attached hydrogens (tertiary/aromatic N) is 1. The van der Waals surface area contributed by atoms with Crippen molar-refractivity contribution in [2.75, 3.05) is 0 Å². The number of hydrogen-bond donors (Lipinski definition) is 1. The third kappa shape index (κ3) is 4.63. The van der Waals surface area contributed by atoms with Gasteiger partial charge in [-0.15, -0.1) is 11.8 Å². The molecule has 0 aliphatic carbocycles. The van der Waals surface area contributed by atoms with E-state index >= 15 is 0 Å². The van der Waals surface area contributed by atoms with Crippen molar-refractivity contribution >= 4 is 40.9 Å². The Hall–Kier alpha value is -1.23. The van der Waals surface area contributed by atoms with E-state index in [4.69, 9.17) is 23.2 Å². The molecule has 1 N–H and O–H groups in total. The maximum Gasteiger partial charge on any atom is 0.233 e. The van der Waals surface area contributed by atoms with E-state index in [1.165, 1.54) is 11.8 Å². The Kier molecular flexibility index (Phi) is 6.12. The van der Waals surface area contributed by atoms with Crippen LogP contribution in [0, 0.1) is 0 Å². The summed E-state index contributed by atoms with van der Waals surface area (Å²) in [5.74, 6) is -0.0702. The summed E-state index contributed by atoms with van der Waals surface area (Å²) in [4.78, 5) is 17.3. The molecule has 1 amide bonds. The Balaban J connectivity index is 1.99. The van der Waals surface area contributed by atoms with Crippen molar-refractivity contribution in [2.24, 2.45) is 0 Å². The Morgan fingerprint density at radius 2 is 2.00 bits per heavy atom. The van der Waals surface area contributed by atoms with Gasteiger partial charge in [0.1, 0.15) is 0 Å². The fourth-order valence-corrected chi connectivity index (χ4v) is 3.27. The maximum atomic E-state index is 12.3. The minimum absolute atomic E-state index is 0.0702. The average Bonchev–Trinajstić information content (AvgIpc) is 2.51. The summed E-state index contributed by atoms with van der Waals surface area (Å²) in [7, 11) is 0. The number of carbonyl (C=O) groups is 1. The number of aromatic nitrogens is 1. The third-order valence-corrected chi connectivity index (χ3v) is 4.89. The van der Waals surface area contributed by atoms with Gasteiger partial charge in [-0.1, -0.05) is 29.3 Å². The number of amides is 1. The van der Waals surface area contributed by atoms with Crippen molar-refractivity contribution in [1.82, 2.24) is 10.3 Å². The van der Waals surface area contributed by atoms with Crippen molar-refractivity contribution < 1.29 is 4.79 Å². The van der Waals surface area contributed by atoms with Crippen LogP contribution in [0.4, 0.5) is 0 Å². The van der Waals surface area contributed by atoms with E-state index < -0.39 is 0 Å². The Bertz CT molecular complexity index is 652. The van der Waals surface area contributed by atoms with Gasteiger partial charge in [-0.25, -0.2) is 0 Å². The molecule has 3 nitrogen and oxygen atoms in total. The van der Waals surface area contributed by atoms with Gasteiger partial charge in [-0.2, -0.15) is 0 Å². The van der Waals surface area contributed by atoms with Crippen LogP contribution < -0.4 is 5.32 Å². The van der Waals surface area contributed by atoms with Gasteiger partial charge in [0.25, 0.3) is 0 Å². The van der Waals surface area contributed by atoms with Crippen LogP contribution in [0.5, 0.6) is 0 Å². The summed E-state index contributed by atoms with van der Waals surface area (Å²) in [5, 5.41) is 3.85. The normalized spacial score (nSPS) is 13.5. The highest BCUT2D eigenvalue weighted by Crippen LogP contribution is 2.32. The largest absolute Gasteiger partial charge is 0.347 e. The van der Waals surface area contributed by atoms with Gasteiger partial charge in [-0.3, -0.25) is 9.78 Å². The molecule has 0 spiro atoms. The molecule has 1 aromatic heterocycles. The van der Waals surface area contributed by atoms with Crippen LogP contribution in [-0.4, -0.2) is 16.1 Å². The lowest BCUT2D eigenvalue weighted by molar-refractivity contribution is -0.120. The lowest BCUT2D eigenvalue weighted by Gasteiger charge is -2.17. The van der Waals surface area contributed by atoms with Crippen LogP contribution in [-0.2, 0) is 4.79 Å². The zero-order valence-electron chi connectivity index (χ0n) is 12.2. The van der Waals surface area contributed by atoms with Gasteiger partial charge in [-0.05, 0) is 44.2 Å². The molecule has 2 aromatic rings. The first-order valence-corrected chi connectivity index (χ1v) is 8.44. The molecule has 0 saturated heterocycles. The maximum absolute atomic E-state index is 12.3. The minimum Gasteiger partial charge on any atom is -0.347 e. The molecule has 116 valence electrons. The van der Waals surface area contributed by atoms with Crippen LogP contribution >= 0.6 is 35.0 Å². The number of hydrogen-bond acceptors (Lipinski definition) is 3. The Morgan fingerprint density at radius 1 is 1.23 bits per heavy atom. The molecule has 0 bridgehead atoms. The first kappa shape index (κ1) is 17.1. The molecule has 2 atom stereocenters. The van der Waals surface area contributed by atoms with E-state index in [1.807, 2.05) is 32.0 Å². The Morgan fingerprint density at radius 3 is 2.68 bits per heavy atom. The zero-order chi connectivity index (χ0) is 16.1. The molecule has 0 fully saturated rings. The lowest BCUT2D eigenvalue weighted by atomic mass is 10.2. The number of carbonyl (C=O) groups excluding carboxylic acids is 1. The molecule has 0 aliphatic heterocycles. The molecule has 0 unspecified atom stereocenters. The van der Waals surface area contributed by atoms with Gasteiger partial charge in [0.05, 0.1) is 22.0 Å². The first-order chi connectivity index (χ1) is 10.5. The molecule has 6 heteroatoms. The molecule has 0 radical (unpaired) electrons. The van der Waals surface area contributed by atoms with Crippen LogP contribution in [0.3, 0.4) is 0 Å². The van der Waals surface area contributed by atoms with Crippen molar-refractivity contribution in [3.05, 3.63) is 58.3 Å². The van der Waals surface area contributed by atoms with E-state index in [0.717, 1.165) is 10.6 Å². The second kappa shape index (κ2) is 7.86. The second-order valence-electron chi connectivity index (χ2n) is 4.82. The fraction of sp³-hybridized carbons (Fsp3) is 0.250. The summed E-state index contributed by atoms with van der Waals surface area (Å²) < 4.78 is 0. The summed E-state index contributed by atoms with van der Waals surface area (Å²) in [6, 6.07) is 10.7. The SMILES string of the molecule is C[C@H](NC(=O)[C@@H](C)Sc1cc(Cl)ccc1Cl)c1ccccn1. The fourth-order valence-electron chi connectivity index (χ4n) is 1.85. The van der Waals surface area contributed by atoms with Crippen LogP contribution in [0.15, 0.2) is 47.5 Å². The van der Waals surface area contributed by atoms with E-state index in [1.54, 1.807) is 24.4 Å². The molecule has 2 rings (SSSR count). The van der Waals surface area contributed by atoms with Crippen molar-refractivity contribution in [3.63, 3.8) is 0 Å². The van der Waals surface area contributed by atoms with Gasteiger partial charge in [0.2, 0.25) is 5.91 Å². The predicted octanol–water partition coefficient (Wildman–Crippen LogP) is 4.75. The first-order valence-electron chi connectivity index (χ1n) is 6.80. The molecule has 22 heavy (non-hydrogen) atoms. The third-order valence-electron chi connectivity index (χ3n) is 3.06. The van der Waals surface area contributed by atoms with E-state index in [0.29, 0.717) is 10.0 Å². The highest BCUT2D eigenvalue weighted by atomic mass is 35.5. The molecule has 1 heterocycles. The molecule has 0 saturated carbocycles. The summed E-state index contributed by atoms with van der Waals surface area (Å²) in [6.45, 7) is 3.74. The highest BCUT2D eigenvalue weighted by Gasteiger charge is 2.19. The standard InChI is InChI=1S/C16H16Cl2N2OS/c1-10(14-5-3-4-8-19-14)20-16(21)11(2)22-15-9-12(17)6-7-13(15)18/h3-11H,1-2H3,(H,20,21)/t10-,11+/m0/s1. The smallest absolute Gasteiger partial charge is 0.233 e. The van der Waals surface area contributed by atoms with Crippen molar-refractivity contribution in [3.8, 4) is 0 Å². The summed E-state index contributed by atoms with van der Waals surface area (Å²) >= 11 is 13.5. The van der Waals surface area contributed by atoms with Gasteiger partial charge in [0, 0.05) is 16.1 Å². The van der Waals surface area contributed by atoms with Gasteiger partial charge >= 0.3 is 0 Å². The van der Waals surface area contributed by atoms with Gasteiger partial charge < -0.3 is 5.32 Å². The number of benzene rings is 1. The van der Waals surface area contributed by atoms with Crippen molar-refractivity contribution in [2.45, 2.75) is 30.0 Å². The van der Waals surface area contributed by atoms with Crippen LogP contribution in [0.2, 0.25) is 10.0 Å². The number of thioether (sulfide) groups is 1. The topological polar surface area (TPSA) is 42.0 Å². The van der Waals surface area contributed by atoms with Crippen molar-refractivity contribution in [1.29, 1.82) is 0 Å². The quantitative estimate of drug-likeness (QED) is 0.788. The van der Waals surface area contributed by atoms with E-state index in [9.17, 15) is 4.79 Å². The van der Waals surface area contributed by atoms with E-state index in [2.05, 4.69) is 10.3 Å². The summed E-state index contributed by atoms with van der Waals surface area (Å²) in [5.41, 5.74) is 0.828. The van der Waals surface area contributed by atoms with Crippen LogP contribution in [0.25, 0.3) is 0 Å². The predicted molar refractivity (Wildman–Crippen MR) is 92.6 cm³/mol. The molecule has 0 aliphatic rings. The number of rotatable bonds is 5. The summed E-state index contributed by atoms with van der Waals surface area (Å²) in [6.07, 6.45) is 1.71. The minimum atomic E-state index is -0.290. The Labute approximate surface area is 144 Å². The second-order valence-corrected chi connectivity index (χ2v) is 7.05. The number of pyridine rings is 1. The molecular formula is C16H16Cl2N2OS. The number of halogens is 2. The number of nitrogens with one attached hydrogen (secondary N) is 1. The van der Waals surface area contributed by atoms with Gasteiger partial charge in [0.15, 0.2) is 0 Å². The molecular weight excluding hydrogens is 339 g/mol. The van der Waals surface area contributed by atoms with Crippen LogP contribution in [0.1, 0.15) is 25.6 Å². The highest BCUT2D eigenvalue weighted by molar-refractivity contribution is 8.00. The van der Waals surface area contributed by atoms with E-state index in [-0.39, 0.29) is 17.2 Å².